The molecule has 2 aromatic carbocycles. The van der Waals surface area contributed by atoms with E-state index in [1.807, 2.05) is 0 Å². The molecule has 0 aliphatic carbocycles. The third-order valence-corrected chi connectivity index (χ3v) is 7.25. The molecule has 2 aliphatic rings. The smallest absolute Gasteiger partial charge is 0.357 e. The number of anilines is 1. The predicted octanol–water partition coefficient (Wildman–Crippen LogP) is 2.56. The normalized spacial score (nSPS) is 16.6. The number of hydrogen-bond acceptors (Lipinski definition) is 11. The van der Waals surface area contributed by atoms with Gasteiger partial charge in [-0.25, -0.2) is 19.5 Å². The maximum absolute atomic E-state index is 13.7. The lowest BCUT2D eigenvalue weighted by atomic mass is 10.0. The molecule has 0 saturated carbocycles. The van der Waals surface area contributed by atoms with Gasteiger partial charge in [0.05, 0.1) is 21.3 Å². The summed E-state index contributed by atoms with van der Waals surface area (Å²) < 4.78 is 26.5. The molecule has 0 spiro atoms. The van der Waals surface area contributed by atoms with Crippen LogP contribution in [0.2, 0.25) is 0 Å². The van der Waals surface area contributed by atoms with E-state index in [1.54, 1.807) is 36.4 Å². The maximum atomic E-state index is 13.7. The van der Waals surface area contributed by atoms with Crippen LogP contribution in [-0.4, -0.2) is 74.3 Å². The Bertz CT molecular complexity index is 1510. The van der Waals surface area contributed by atoms with Gasteiger partial charge in [0.25, 0.3) is 5.91 Å². The van der Waals surface area contributed by atoms with Crippen molar-refractivity contribution in [2.24, 2.45) is 0 Å². The second-order valence-corrected chi connectivity index (χ2v) is 9.78. The number of fused-ring (bicyclic) bond motifs is 1. The van der Waals surface area contributed by atoms with Gasteiger partial charge in [-0.2, -0.15) is 0 Å². The van der Waals surface area contributed by atoms with E-state index in [-0.39, 0.29) is 17.2 Å². The zero-order chi connectivity index (χ0) is 29.1. The van der Waals surface area contributed by atoms with Crippen molar-refractivity contribution in [1.29, 1.82) is 0 Å². The highest BCUT2D eigenvalue weighted by Crippen LogP contribution is 2.35. The molecule has 41 heavy (non-hydrogen) atoms. The van der Waals surface area contributed by atoms with E-state index in [0.29, 0.717) is 47.3 Å². The first-order valence-corrected chi connectivity index (χ1v) is 13.3. The zero-order valence-electron chi connectivity index (χ0n) is 22.3. The minimum absolute atomic E-state index is 0.0119. The van der Waals surface area contributed by atoms with E-state index < -0.39 is 35.9 Å². The molecule has 2 aliphatic heterocycles. The van der Waals surface area contributed by atoms with Crippen LogP contribution in [0.5, 0.6) is 23.0 Å². The summed E-state index contributed by atoms with van der Waals surface area (Å²) in [4.78, 5) is 57.4. The number of imide groups is 1. The van der Waals surface area contributed by atoms with Crippen molar-refractivity contribution in [2.75, 3.05) is 39.9 Å². The molecule has 0 bridgehead atoms. The van der Waals surface area contributed by atoms with Crippen LogP contribution in [0.25, 0.3) is 0 Å². The predicted molar refractivity (Wildman–Crippen MR) is 145 cm³/mol. The van der Waals surface area contributed by atoms with E-state index in [4.69, 9.17) is 18.9 Å². The summed E-state index contributed by atoms with van der Waals surface area (Å²) in [6.45, 7) is 0.766. The van der Waals surface area contributed by atoms with Crippen molar-refractivity contribution < 1.29 is 42.9 Å². The molecular formula is C27H26N4O9S. The first-order valence-electron chi connectivity index (χ1n) is 12.4. The number of amides is 4. The van der Waals surface area contributed by atoms with Crippen LogP contribution >= 0.6 is 11.3 Å². The fraction of sp³-hybridized carbons (Fsp3) is 0.296. The van der Waals surface area contributed by atoms with Gasteiger partial charge in [-0.1, -0.05) is 12.1 Å². The van der Waals surface area contributed by atoms with Gasteiger partial charge in [0.15, 0.2) is 33.8 Å². The van der Waals surface area contributed by atoms with Crippen molar-refractivity contribution in [3.8, 4) is 23.0 Å². The van der Waals surface area contributed by atoms with E-state index in [0.717, 1.165) is 16.2 Å². The van der Waals surface area contributed by atoms with Crippen LogP contribution in [0.15, 0.2) is 41.8 Å². The van der Waals surface area contributed by atoms with Crippen molar-refractivity contribution in [2.45, 2.75) is 18.5 Å². The van der Waals surface area contributed by atoms with Crippen LogP contribution in [0.4, 0.5) is 9.93 Å². The minimum Gasteiger partial charge on any atom is -0.493 e. The number of urea groups is 1. The van der Waals surface area contributed by atoms with Crippen LogP contribution in [0.1, 0.15) is 27.7 Å². The number of rotatable bonds is 9. The van der Waals surface area contributed by atoms with Crippen LogP contribution in [0, 0.1) is 0 Å². The molecule has 3 heterocycles. The molecule has 14 heteroatoms. The lowest BCUT2D eigenvalue weighted by molar-refractivity contribution is -0.134. The molecule has 0 radical (unpaired) electrons. The Morgan fingerprint density at radius 2 is 1.83 bits per heavy atom. The lowest BCUT2D eigenvalue weighted by Crippen LogP contribution is -2.49. The molecule has 13 nitrogen and oxygen atoms in total. The van der Waals surface area contributed by atoms with E-state index in [9.17, 15) is 19.2 Å². The van der Waals surface area contributed by atoms with Gasteiger partial charge in [0.1, 0.15) is 25.3 Å². The number of methoxy groups -OCH3 is 3. The monoisotopic (exact) mass is 582 g/mol. The fourth-order valence-corrected chi connectivity index (χ4v) is 5.19. The Balaban J connectivity index is 1.45. The van der Waals surface area contributed by atoms with E-state index >= 15 is 0 Å². The van der Waals surface area contributed by atoms with Gasteiger partial charge in [-0.3, -0.25) is 9.59 Å². The Labute approximate surface area is 238 Å². The molecule has 2 N–H and O–H groups in total. The molecule has 5 rings (SSSR count). The van der Waals surface area contributed by atoms with Gasteiger partial charge in [-0.05, 0) is 35.4 Å². The molecule has 4 amide bonds. The molecule has 214 valence electrons. The maximum Gasteiger partial charge on any atom is 0.357 e. The topological polar surface area (TPSA) is 155 Å². The summed E-state index contributed by atoms with van der Waals surface area (Å²) in [7, 11) is 4.19. The number of esters is 1. The average molecular weight is 583 g/mol. The average Bonchev–Trinajstić information content (AvgIpc) is 3.58. The van der Waals surface area contributed by atoms with Crippen LogP contribution in [0.3, 0.4) is 0 Å². The summed E-state index contributed by atoms with van der Waals surface area (Å²) >= 11 is 1.00. The van der Waals surface area contributed by atoms with E-state index in [1.165, 1.54) is 26.7 Å². The lowest BCUT2D eigenvalue weighted by Gasteiger charge is -2.25. The van der Waals surface area contributed by atoms with Crippen molar-refractivity contribution >= 4 is 40.3 Å². The van der Waals surface area contributed by atoms with Gasteiger partial charge in [-0.15, -0.1) is 11.3 Å². The highest BCUT2D eigenvalue weighted by molar-refractivity contribution is 7.14. The number of ether oxygens (including phenoxy) is 5. The summed E-state index contributed by atoms with van der Waals surface area (Å²) in [5.74, 6) is -0.0890. The summed E-state index contributed by atoms with van der Waals surface area (Å²) in [6, 6.07) is 6.91. The summed E-state index contributed by atoms with van der Waals surface area (Å²) in [5.41, 5.74) is 1.08. The number of nitrogens with one attached hydrogen (secondary N) is 2. The van der Waals surface area contributed by atoms with Crippen LogP contribution in [-0.2, 0) is 20.7 Å². The summed E-state index contributed by atoms with van der Waals surface area (Å²) in [6.07, 6.45) is -0.0472. The molecule has 1 fully saturated rings. The second kappa shape index (κ2) is 11.7. The quantitative estimate of drug-likeness (QED) is 0.284. The standard InChI is InChI=1S/C27H26N4O9S/c1-36-18-6-4-14(11-20(18)37-2)10-17(23(32)30-26-28-16(13-41-26)25(34)38-3)31-24(33)22(29-27(31)35)15-5-7-19-21(12-15)40-9-8-39-19/h4-7,11-13,17,22H,8-10H2,1-3H3,(H,29,35)(H,28,30,32)/t17-,22?/m0/s1. The number of hydrogen-bond donors (Lipinski definition) is 2. The third kappa shape index (κ3) is 5.59. The summed E-state index contributed by atoms with van der Waals surface area (Å²) in [5, 5.41) is 6.82. The Hall–Kier alpha value is -4.85. The number of nitrogens with zero attached hydrogens (tertiary/aromatic N) is 2. The largest absolute Gasteiger partial charge is 0.493 e. The second-order valence-electron chi connectivity index (χ2n) is 8.92. The molecule has 3 aromatic rings. The SMILES string of the molecule is COC(=O)c1csc(NC(=O)[C@H](Cc2ccc(OC)c(OC)c2)N2C(=O)NC(c3ccc4c(c3)OCCO4)C2=O)n1. The number of carbonyl (C=O) groups is 4. The molecule has 1 aromatic heterocycles. The highest BCUT2D eigenvalue weighted by Gasteiger charge is 2.45. The van der Waals surface area contributed by atoms with Crippen LogP contribution < -0.4 is 29.6 Å². The number of benzene rings is 2. The minimum atomic E-state index is -1.28. The highest BCUT2D eigenvalue weighted by atomic mass is 32.1. The number of aromatic nitrogens is 1. The van der Waals surface area contributed by atoms with Gasteiger partial charge in [0.2, 0.25) is 5.91 Å². The molecule has 1 saturated heterocycles. The van der Waals surface area contributed by atoms with E-state index in [2.05, 4.69) is 20.4 Å². The third-order valence-electron chi connectivity index (χ3n) is 6.49. The van der Waals surface area contributed by atoms with Gasteiger partial charge in [0, 0.05) is 11.8 Å². The van der Waals surface area contributed by atoms with Crippen molar-refractivity contribution in [3.05, 3.63) is 58.6 Å². The number of carbonyl (C=O) groups excluding carboxylic acids is 4. The Morgan fingerprint density at radius 1 is 1.07 bits per heavy atom. The van der Waals surface area contributed by atoms with Crippen molar-refractivity contribution in [3.63, 3.8) is 0 Å². The number of thiazole rings is 1. The molecule has 1 unspecified atom stereocenters. The zero-order valence-corrected chi connectivity index (χ0v) is 23.1. The van der Waals surface area contributed by atoms with Gasteiger partial charge < -0.3 is 34.3 Å². The first kappa shape index (κ1) is 27.7. The molecule has 2 atom stereocenters. The van der Waals surface area contributed by atoms with Gasteiger partial charge >= 0.3 is 12.0 Å². The fourth-order valence-electron chi connectivity index (χ4n) is 4.50. The Kier molecular flexibility index (Phi) is 7.92. The van der Waals surface area contributed by atoms with Crippen molar-refractivity contribution in [1.82, 2.24) is 15.2 Å². The Morgan fingerprint density at radius 3 is 2.56 bits per heavy atom. The molecular weight excluding hydrogens is 556 g/mol. The first-order chi connectivity index (χ1) is 19.8.